The third-order valence-electron chi connectivity index (χ3n) is 2.81. The molecule has 126 valence electrons. The summed E-state index contributed by atoms with van der Waals surface area (Å²) in [6.45, 7) is 5.13. The zero-order valence-corrected chi connectivity index (χ0v) is 15.0. The minimum atomic E-state index is -3.70. The molecule has 0 saturated carbocycles. The van der Waals surface area contributed by atoms with Gasteiger partial charge in [0.1, 0.15) is 0 Å². The smallest absolute Gasteiger partial charge is 0.340 e. The van der Waals surface area contributed by atoms with Crippen LogP contribution >= 0.6 is 15.9 Å². The van der Waals surface area contributed by atoms with Gasteiger partial charge in [0.25, 0.3) is 5.91 Å². The minimum Gasteiger partial charge on any atom is -0.449 e. The average Bonchev–Trinajstić information content (AvgIpc) is 2.52. The molecule has 0 aromatic heterocycles. The van der Waals surface area contributed by atoms with Gasteiger partial charge in [-0.25, -0.2) is 17.9 Å². The van der Waals surface area contributed by atoms with E-state index in [4.69, 9.17) is 4.74 Å². The topological polar surface area (TPSA) is 102 Å². The van der Waals surface area contributed by atoms with Gasteiger partial charge in [-0.1, -0.05) is 6.08 Å². The lowest BCUT2D eigenvalue weighted by Crippen LogP contribution is -2.35. The quantitative estimate of drug-likeness (QED) is 0.525. The molecule has 23 heavy (non-hydrogen) atoms. The van der Waals surface area contributed by atoms with E-state index in [0.717, 1.165) is 0 Å². The van der Waals surface area contributed by atoms with Gasteiger partial charge in [0.05, 0.1) is 10.5 Å². The lowest BCUT2D eigenvalue weighted by Gasteiger charge is -2.14. The Morgan fingerprint density at radius 1 is 1.43 bits per heavy atom. The van der Waals surface area contributed by atoms with E-state index >= 15 is 0 Å². The van der Waals surface area contributed by atoms with Crippen molar-refractivity contribution in [2.45, 2.75) is 17.9 Å². The maximum Gasteiger partial charge on any atom is 0.340 e. The highest BCUT2D eigenvalue weighted by Crippen LogP contribution is 2.22. The molecule has 9 heteroatoms. The molecule has 1 aromatic carbocycles. The van der Waals surface area contributed by atoms with Crippen molar-refractivity contribution >= 4 is 37.8 Å². The number of hydrogen-bond donors (Lipinski definition) is 2. The first-order valence-corrected chi connectivity index (χ1v) is 8.83. The van der Waals surface area contributed by atoms with Crippen molar-refractivity contribution in [3.8, 4) is 0 Å². The molecule has 1 amide bonds. The molecular weight excluding hydrogens is 388 g/mol. The summed E-state index contributed by atoms with van der Waals surface area (Å²) in [4.78, 5) is 23.7. The fourth-order valence-corrected chi connectivity index (χ4v) is 2.70. The van der Waals surface area contributed by atoms with Crippen molar-refractivity contribution in [3.63, 3.8) is 0 Å². The van der Waals surface area contributed by atoms with Crippen LogP contribution in [0.2, 0.25) is 0 Å². The third-order valence-corrected chi connectivity index (χ3v) is 4.91. The molecule has 0 fully saturated rings. The Balaban J connectivity index is 2.98. The molecule has 0 saturated heterocycles. The van der Waals surface area contributed by atoms with Crippen molar-refractivity contribution in [3.05, 3.63) is 40.9 Å². The summed E-state index contributed by atoms with van der Waals surface area (Å²) in [5, 5.41) is 2.50. The number of halogens is 1. The maximum atomic E-state index is 12.2. The first kappa shape index (κ1) is 19.3. The van der Waals surface area contributed by atoms with Gasteiger partial charge in [-0.15, -0.1) is 6.58 Å². The summed E-state index contributed by atoms with van der Waals surface area (Å²) in [6.07, 6.45) is 0.466. The normalized spacial score (nSPS) is 12.3. The molecule has 1 atom stereocenters. The second kappa shape index (κ2) is 8.23. The molecule has 0 aliphatic rings. The highest BCUT2D eigenvalue weighted by molar-refractivity contribution is 9.10. The number of benzene rings is 1. The van der Waals surface area contributed by atoms with Gasteiger partial charge in [0.2, 0.25) is 10.0 Å². The van der Waals surface area contributed by atoms with Gasteiger partial charge in [-0.05, 0) is 48.1 Å². The summed E-state index contributed by atoms with van der Waals surface area (Å²) in [6, 6.07) is 3.93. The number of sulfonamides is 1. The largest absolute Gasteiger partial charge is 0.449 e. The lowest BCUT2D eigenvalue weighted by molar-refractivity contribution is -0.128. The van der Waals surface area contributed by atoms with Crippen molar-refractivity contribution in [1.29, 1.82) is 0 Å². The fourth-order valence-electron chi connectivity index (χ4n) is 1.54. The van der Waals surface area contributed by atoms with Crippen LogP contribution in [-0.2, 0) is 19.6 Å². The first-order valence-electron chi connectivity index (χ1n) is 6.55. The minimum absolute atomic E-state index is 0.00435. The van der Waals surface area contributed by atoms with Crippen LogP contribution in [0.3, 0.4) is 0 Å². The van der Waals surface area contributed by atoms with Gasteiger partial charge < -0.3 is 10.1 Å². The van der Waals surface area contributed by atoms with Crippen LogP contribution in [0.25, 0.3) is 0 Å². The van der Waals surface area contributed by atoms with E-state index in [2.05, 4.69) is 32.5 Å². The van der Waals surface area contributed by atoms with E-state index in [1.54, 1.807) is 0 Å². The molecular formula is C14H17BrN2O5S. The van der Waals surface area contributed by atoms with Crippen LogP contribution in [0.4, 0.5) is 0 Å². The molecule has 1 rings (SSSR count). The molecule has 0 aliphatic carbocycles. The van der Waals surface area contributed by atoms with E-state index in [1.807, 2.05) is 0 Å². The summed E-state index contributed by atoms with van der Waals surface area (Å²) < 4.78 is 31.1. The lowest BCUT2D eigenvalue weighted by atomic mass is 10.2. The monoisotopic (exact) mass is 404 g/mol. The van der Waals surface area contributed by atoms with Gasteiger partial charge in [0.15, 0.2) is 6.10 Å². The van der Waals surface area contributed by atoms with E-state index in [1.165, 1.54) is 38.2 Å². The van der Waals surface area contributed by atoms with E-state index in [9.17, 15) is 18.0 Å². The van der Waals surface area contributed by atoms with Crippen molar-refractivity contribution in [1.82, 2.24) is 10.0 Å². The van der Waals surface area contributed by atoms with Crippen molar-refractivity contribution in [2.75, 3.05) is 13.6 Å². The van der Waals surface area contributed by atoms with Crippen LogP contribution < -0.4 is 10.0 Å². The highest BCUT2D eigenvalue weighted by Gasteiger charge is 2.22. The van der Waals surface area contributed by atoms with Crippen LogP contribution in [-0.4, -0.2) is 40.0 Å². The van der Waals surface area contributed by atoms with Gasteiger partial charge in [-0.2, -0.15) is 0 Å². The SMILES string of the molecule is C=CCNC(=O)[C@@H](C)OC(=O)c1cc(S(=O)(=O)NC)ccc1Br. The predicted octanol–water partition coefficient (Wildman–Crippen LogP) is 1.20. The Kier molecular flexibility index (Phi) is 6.92. The van der Waals surface area contributed by atoms with Crippen LogP contribution in [0.5, 0.6) is 0 Å². The first-order chi connectivity index (χ1) is 10.7. The molecule has 0 spiro atoms. The Bertz CT molecular complexity index is 718. The molecule has 0 heterocycles. The molecule has 0 aliphatic heterocycles. The number of ether oxygens (including phenoxy) is 1. The summed E-state index contributed by atoms with van der Waals surface area (Å²) in [5.41, 5.74) is 0.00435. The zero-order chi connectivity index (χ0) is 17.6. The molecule has 0 unspecified atom stereocenters. The number of esters is 1. The van der Waals surface area contributed by atoms with Crippen LogP contribution in [0.15, 0.2) is 40.2 Å². The zero-order valence-electron chi connectivity index (χ0n) is 12.6. The number of carbonyl (C=O) groups is 2. The maximum absolute atomic E-state index is 12.2. The third kappa shape index (κ3) is 5.15. The Morgan fingerprint density at radius 3 is 2.65 bits per heavy atom. The Morgan fingerprint density at radius 2 is 2.09 bits per heavy atom. The second-order valence-corrected chi connectivity index (χ2v) is 7.17. The van der Waals surface area contributed by atoms with Crippen molar-refractivity contribution in [2.24, 2.45) is 0 Å². The molecule has 7 nitrogen and oxygen atoms in total. The van der Waals surface area contributed by atoms with Gasteiger partial charge in [-0.3, -0.25) is 4.79 Å². The van der Waals surface area contributed by atoms with Crippen LogP contribution in [0.1, 0.15) is 17.3 Å². The Hall–Kier alpha value is -1.71. The molecule has 0 bridgehead atoms. The molecule has 2 N–H and O–H groups in total. The van der Waals surface area contributed by atoms with Crippen LogP contribution in [0, 0.1) is 0 Å². The average molecular weight is 405 g/mol. The summed E-state index contributed by atoms with van der Waals surface area (Å²) >= 11 is 3.16. The van der Waals surface area contributed by atoms with Crippen molar-refractivity contribution < 1.29 is 22.7 Å². The number of hydrogen-bond acceptors (Lipinski definition) is 5. The summed E-state index contributed by atoms with van der Waals surface area (Å²) in [7, 11) is -2.43. The van der Waals surface area contributed by atoms with E-state index in [-0.39, 0.29) is 17.0 Å². The standard InChI is InChI=1S/C14H17BrN2O5S/c1-4-7-17-13(18)9(2)22-14(19)11-8-10(5-6-12(11)15)23(20,21)16-3/h4-6,8-9,16H,1,7H2,2-3H3,(H,17,18)/t9-/m1/s1. The molecule has 1 aromatic rings. The van der Waals surface area contributed by atoms with E-state index < -0.39 is 28.0 Å². The number of carbonyl (C=O) groups excluding carboxylic acids is 2. The highest BCUT2D eigenvalue weighted by atomic mass is 79.9. The fraction of sp³-hybridized carbons (Fsp3) is 0.286. The summed E-state index contributed by atoms with van der Waals surface area (Å²) in [5.74, 6) is -1.29. The second-order valence-electron chi connectivity index (χ2n) is 4.43. The van der Waals surface area contributed by atoms with E-state index in [0.29, 0.717) is 4.47 Å². The number of amides is 1. The Labute approximate surface area is 143 Å². The number of rotatable bonds is 7. The molecule has 0 radical (unpaired) electrons. The van der Waals surface area contributed by atoms with Gasteiger partial charge in [0, 0.05) is 11.0 Å². The van der Waals surface area contributed by atoms with Gasteiger partial charge >= 0.3 is 5.97 Å². The number of nitrogens with one attached hydrogen (secondary N) is 2. The predicted molar refractivity (Wildman–Crippen MR) is 88.5 cm³/mol.